The minimum Gasteiger partial charge on any atom is -0.428 e. The Kier molecular flexibility index (Phi) is 4.41. The summed E-state index contributed by atoms with van der Waals surface area (Å²) in [7, 11) is 0. The lowest BCUT2D eigenvalue weighted by Crippen LogP contribution is -2.50. The average Bonchev–Trinajstić information content (AvgIpc) is 2.43. The maximum Gasteiger partial charge on any atom is 0.432 e. The molecule has 0 radical (unpaired) electrons. The van der Waals surface area contributed by atoms with Gasteiger partial charge in [0.05, 0.1) is 5.69 Å². The Balaban J connectivity index is 2.52. The van der Waals surface area contributed by atoms with Crippen molar-refractivity contribution in [3.8, 4) is 0 Å². The van der Waals surface area contributed by atoms with Crippen LogP contribution in [0.25, 0.3) is 0 Å². The van der Waals surface area contributed by atoms with E-state index in [1.807, 2.05) is 0 Å². The Morgan fingerprint density at radius 1 is 1.35 bits per heavy atom. The van der Waals surface area contributed by atoms with Crippen molar-refractivity contribution in [2.75, 3.05) is 5.32 Å². The van der Waals surface area contributed by atoms with Gasteiger partial charge in [-0.3, -0.25) is 10.1 Å². The van der Waals surface area contributed by atoms with Crippen LogP contribution >= 0.6 is 0 Å². The van der Waals surface area contributed by atoms with E-state index in [-0.39, 0.29) is 29.4 Å². The van der Waals surface area contributed by atoms with Crippen molar-refractivity contribution >= 4 is 17.6 Å². The number of ketones is 1. The lowest BCUT2D eigenvalue weighted by Gasteiger charge is -2.39. The van der Waals surface area contributed by atoms with E-state index < -0.39 is 24.3 Å². The zero-order chi connectivity index (χ0) is 17.4. The van der Waals surface area contributed by atoms with Crippen LogP contribution in [0.5, 0.6) is 0 Å². The summed E-state index contributed by atoms with van der Waals surface area (Å²) >= 11 is 0. The number of hydrogen-bond acceptors (Lipinski definition) is 3. The highest BCUT2D eigenvalue weighted by Gasteiger charge is 2.61. The fraction of sp³-hybridized carbons (Fsp3) is 0.500. The number of benzene rings is 1. The quantitative estimate of drug-likeness (QED) is 0.895. The first-order valence-corrected chi connectivity index (χ1v) is 7.27. The van der Waals surface area contributed by atoms with Gasteiger partial charge in [-0.2, -0.15) is 13.2 Å². The number of carbonyl (C=O) groups excluding carboxylic acids is 2. The molecule has 1 atom stereocenters. The van der Waals surface area contributed by atoms with Gasteiger partial charge in [0.2, 0.25) is 5.60 Å². The number of rotatable bonds is 4. The van der Waals surface area contributed by atoms with Crippen LogP contribution in [0.4, 0.5) is 23.7 Å². The van der Waals surface area contributed by atoms with E-state index in [2.05, 4.69) is 5.32 Å². The number of carbonyl (C=O) groups is 2. The highest BCUT2D eigenvalue weighted by molar-refractivity contribution is 5.89. The number of halogens is 3. The third-order valence-corrected chi connectivity index (χ3v) is 3.94. The van der Waals surface area contributed by atoms with Gasteiger partial charge in [-0.25, -0.2) is 4.79 Å². The molecule has 0 saturated carbocycles. The van der Waals surface area contributed by atoms with Gasteiger partial charge in [-0.05, 0) is 19.1 Å². The van der Waals surface area contributed by atoms with Crippen molar-refractivity contribution in [1.29, 1.82) is 0 Å². The highest BCUT2D eigenvalue weighted by Crippen LogP contribution is 2.50. The highest BCUT2D eigenvalue weighted by atomic mass is 19.4. The number of anilines is 1. The molecule has 1 aromatic carbocycles. The number of aryl methyl sites for hydroxylation is 1. The van der Waals surface area contributed by atoms with Crippen LogP contribution in [0, 0.1) is 12.8 Å². The van der Waals surface area contributed by atoms with E-state index in [1.165, 1.54) is 12.1 Å². The van der Waals surface area contributed by atoms with Crippen LogP contribution in [0.3, 0.4) is 0 Å². The second-order valence-electron chi connectivity index (χ2n) is 6.01. The first-order valence-electron chi connectivity index (χ1n) is 7.27. The summed E-state index contributed by atoms with van der Waals surface area (Å²) in [5.41, 5.74) is -2.31. The van der Waals surface area contributed by atoms with Crippen LogP contribution in [-0.4, -0.2) is 18.1 Å². The van der Waals surface area contributed by atoms with Crippen molar-refractivity contribution in [3.05, 3.63) is 29.3 Å². The van der Waals surface area contributed by atoms with E-state index in [0.29, 0.717) is 5.56 Å². The molecule has 1 N–H and O–H groups in total. The second kappa shape index (κ2) is 5.86. The number of nitrogens with one attached hydrogen (secondary N) is 1. The Morgan fingerprint density at radius 2 is 2.00 bits per heavy atom. The molecule has 1 amide bonds. The minimum atomic E-state index is -4.83. The molecule has 1 aromatic rings. The molecule has 0 saturated heterocycles. The third-order valence-electron chi connectivity index (χ3n) is 3.94. The number of cyclic esters (lactones) is 1. The summed E-state index contributed by atoms with van der Waals surface area (Å²) in [5, 5.41) is 2.28. The van der Waals surface area contributed by atoms with E-state index in [1.54, 1.807) is 26.8 Å². The third kappa shape index (κ3) is 3.18. The van der Waals surface area contributed by atoms with Gasteiger partial charge in [0, 0.05) is 24.3 Å². The summed E-state index contributed by atoms with van der Waals surface area (Å²) < 4.78 is 46.2. The minimum absolute atomic E-state index is 0.0566. The molecular formula is C16H18F3NO3. The van der Waals surface area contributed by atoms with Crippen molar-refractivity contribution in [1.82, 2.24) is 0 Å². The molecule has 0 bridgehead atoms. The first kappa shape index (κ1) is 17.3. The van der Waals surface area contributed by atoms with E-state index in [0.717, 1.165) is 0 Å². The SMILES string of the molecule is Cc1ccc2c(c1)[C@@](CCC(=O)C(C)C)(C(F)(F)F)OC(=O)N2. The van der Waals surface area contributed by atoms with Crippen molar-refractivity contribution in [3.63, 3.8) is 0 Å². The summed E-state index contributed by atoms with van der Waals surface area (Å²) in [4.78, 5) is 23.4. The number of Topliss-reactive ketones (excluding diaryl/α,β-unsaturated/α-hetero) is 1. The first-order chi connectivity index (χ1) is 10.6. The fourth-order valence-electron chi connectivity index (χ4n) is 2.58. The van der Waals surface area contributed by atoms with Crippen molar-refractivity contribution in [2.24, 2.45) is 5.92 Å². The fourth-order valence-corrected chi connectivity index (χ4v) is 2.58. The molecule has 0 fully saturated rings. The van der Waals surface area contributed by atoms with Crippen LogP contribution in [0.2, 0.25) is 0 Å². The molecule has 1 aliphatic rings. The van der Waals surface area contributed by atoms with Crippen LogP contribution < -0.4 is 5.32 Å². The maximum absolute atomic E-state index is 13.8. The number of alkyl halides is 3. The summed E-state index contributed by atoms with van der Waals surface area (Å²) in [6.07, 6.45) is -6.95. The van der Waals surface area contributed by atoms with E-state index >= 15 is 0 Å². The molecule has 1 aliphatic heterocycles. The Hall–Kier alpha value is -2.05. The van der Waals surface area contributed by atoms with Gasteiger partial charge in [-0.1, -0.05) is 25.5 Å². The zero-order valence-corrected chi connectivity index (χ0v) is 13.1. The largest absolute Gasteiger partial charge is 0.432 e. The Bertz CT molecular complexity index is 640. The lowest BCUT2D eigenvalue weighted by atomic mass is 9.83. The molecule has 0 aromatic heterocycles. The second-order valence-corrected chi connectivity index (χ2v) is 6.01. The van der Waals surface area contributed by atoms with Gasteiger partial charge in [0.25, 0.3) is 0 Å². The molecule has 2 rings (SSSR count). The molecule has 23 heavy (non-hydrogen) atoms. The summed E-state index contributed by atoms with van der Waals surface area (Å²) in [6, 6.07) is 4.35. The lowest BCUT2D eigenvalue weighted by molar-refractivity contribution is -0.267. The van der Waals surface area contributed by atoms with Gasteiger partial charge in [0.1, 0.15) is 5.78 Å². The molecule has 0 spiro atoms. The normalized spacial score (nSPS) is 20.7. The summed E-state index contributed by atoms with van der Waals surface area (Å²) in [6.45, 7) is 4.89. The molecule has 4 nitrogen and oxygen atoms in total. The monoisotopic (exact) mass is 329 g/mol. The van der Waals surface area contributed by atoms with Crippen molar-refractivity contribution in [2.45, 2.75) is 45.4 Å². The summed E-state index contributed by atoms with van der Waals surface area (Å²) in [5.74, 6) is -0.688. The van der Waals surface area contributed by atoms with E-state index in [4.69, 9.17) is 4.74 Å². The Morgan fingerprint density at radius 3 is 2.57 bits per heavy atom. The average molecular weight is 329 g/mol. The molecule has 0 unspecified atom stereocenters. The van der Waals surface area contributed by atoms with Crippen molar-refractivity contribution < 1.29 is 27.5 Å². The van der Waals surface area contributed by atoms with Crippen LogP contribution in [0.15, 0.2) is 18.2 Å². The molecule has 0 aliphatic carbocycles. The number of ether oxygens (including phenoxy) is 1. The zero-order valence-electron chi connectivity index (χ0n) is 13.1. The molecule has 1 heterocycles. The number of fused-ring (bicyclic) bond motifs is 1. The molecular weight excluding hydrogens is 311 g/mol. The standard InChI is InChI=1S/C16H18F3NO3/c1-9(2)13(21)6-7-15(16(17,18)19)11-8-10(3)4-5-12(11)20-14(22)23-15/h4-5,8-9H,6-7H2,1-3H3,(H,20,22)/t15-/m0/s1. The van der Waals surface area contributed by atoms with Gasteiger partial charge >= 0.3 is 12.3 Å². The maximum atomic E-state index is 13.8. The van der Waals surface area contributed by atoms with E-state index in [9.17, 15) is 22.8 Å². The molecule has 126 valence electrons. The smallest absolute Gasteiger partial charge is 0.428 e. The van der Waals surface area contributed by atoms with Crippen LogP contribution in [-0.2, 0) is 15.1 Å². The van der Waals surface area contributed by atoms with Gasteiger partial charge in [0.15, 0.2) is 0 Å². The van der Waals surface area contributed by atoms with Gasteiger partial charge < -0.3 is 4.74 Å². The van der Waals surface area contributed by atoms with Gasteiger partial charge in [-0.15, -0.1) is 0 Å². The Labute approximate surface area is 132 Å². The topological polar surface area (TPSA) is 55.4 Å². The predicted octanol–water partition coefficient (Wildman–Crippen LogP) is 4.32. The number of amides is 1. The molecule has 7 heteroatoms. The van der Waals surface area contributed by atoms with Crippen LogP contribution in [0.1, 0.15) is 37.8 Å². The number of hydrogen-bond donors (Lipinski definition) is 1. The predicted molar refractivity (Wildman–Crippen MR) is 78.1 cm³/mol.